The largest absolute Gasteiger partial charge is 0.338 e. The molecular formula is C17H21N5O. The molecule has 0 radical (unpaired) electrons. The van der Waals surface area contributed by atoms with E-state index >= 15 is 0 Å². The fourth-order valence-corrected chi connectivity index (χ4v) is 3.50. The van der Waals surface area contributed by atoms with E-state index < -0.39 is 0 Å². The number of carbonyl (C=O) groups excluding carboxylic acids is 1. The van der Waals surface area contributed by atoms with Gasteiger partial charge in [-0.15, -0.1) is 10.2 Å². The predicted molar refractivity (Wildman–Crippen MR) is 85.8 cm³/mol. The molecule has 1 atom stereocenters. The normalized spacial score (nSPS) is 21.3. The van der Waals surface area contributed by atoms with Crippen molar-refractivity contribution >= 4 is 5.91 Å². The van der Waals surface area contributed by atoms with Gasteiger partial charge in [-0.1, -0.05) is 30.3 Å². The van der Waals surface area contributed by atoms with E-state index in [0.717, 1.165) is 44.2 Å². The molecule has 23 heavy (non-hydrogen) atoms. The lowest BCUT2D eigenvalue weighted by molar-refractivity contribution is -0.128. The van der Waals surface area contributed by atoms with Crippen LogP contribution in [0.15, 0.2) is 30.3 Å². The molecule has 1 aromatic heterocycles. The van der Waals surface area contributed by atoms with Gasteiger partial charge in [0.2, 0.25) is 5.91 Å². The molecule has 6 nitrogen and oxygen atoms in total. The van der Waals surface area contributed by atoms with Crippen LogP contribution in [0, 0.1) is 0 Å². The zero-order valence-electron chi connectivity index (χ0n) is 13.1. The van der Waals surface area contributed by atoms with Crippen molar-refractivity contribution in [1.29, 1.82) is 0 Å². The first-order valence-electron chi connectivity index (χ1n) is 8.25. The molecule has 2 aromatic rings. The third-order valence-electron chi connectivity index (χ3n) is 4.69. The standard InChI is InChI=1S/C17H21N5O/c23-16-10-14(12-21(16)11-13-4-2-1-3-5-13)17-20-19-15-6-7-18-8-9-22(15)17/h1-5,14,18H,6-12H2. The maximum absolute atomic E-state index is 12.4. The number of rotatable bonds is 3. The van der Waals surface area contributed by atoms with Crippen molar-refractivity contribution in [3.8, 4) is 0 Å². The highest BCUT2D eigenvalue weighted by molar-refractivity contribution is 5.79. The maximum atomic E-state index is 12.4. The molecule has 1 amide bonds. The molecular weight excluding hydrogens is 290 g/mol. The second kappa shape index (κ2) is 6.12. The third-order valence-corrected chi connectivity index (χ3v) is 4.69. The van der Waals surface area contributed by atoms with E-state index in [1.807, 2.05) is 23.1 Å². The van der Waals surface area contributed by atoms with Crippen LogP contribution in [-0.4, -0.2) is 45.2 Å². The van der Waals surface area contributed by atoms with Gasteiger partial charge in [-0.2, -0.15) is 0 Å². The van der Waals surface area contributed by atoms with Crippen LogP contribution in [0.5, 0.6) is 0 Å². The molecule has 2 aliphatic rings. The Kier molecular flexibility index (Phi) is 3.83. The number of amides is 1. The van der Waals surface area contributed by atoms with Crippen LogP contribution in [0.3, 0.4) is 0 Å². The smallest absolute Gasteiger partial charge is 0.223 e. The van der Waals surface area contributed by atoms with Crippen LogP contribution >= 0.6 is 0 Å². The van der Waals surface area contributed by atoms with Gasteiger partial charge in [-0.05, 0) is 5.56 Å². The molecule has 0 saturated carbocycles. The van der Waals surface area contributed by atoms with Gasteiger partial charge in [-0.25, -0.2) is 0 Å². The first kappa shape index (κ1) is 14.4. The van der Waals surface area contributed by atoms with Crippen LogP contribution in [0.1, 0.15) is 29.6 Å². The van der Waals surface area contributed by atoms with Gasteiger partial charge in [0.1, 0.15) is 11.6 Å². The maximum Gasteiger partial charge on any atom is 0.223 e. The highest BCUT2D eigenvalue weighted by atomic mass is 16.2. The molecule has 3 heterocycles. The van der Waals surface area contributed by atoms with Crippen LogP contribution in [0.25, 0.3) is 0 Å². The van der Waals surface area contributed by atoms with Gasteiger partial charge < -0.3 is 14.8 Å². The van der Waals surface area contributed by atoms with Crippen LogP contribution in [-0.2, 0) is 24.3 Å². The van der Waals surface area contributed by atoms with Crippen LogP contribution in [0.4, 0.5) is 0 Å². The Morgan fingerprint density at radius 3 is 2.91 bits per heavy atom. The quantitative estimate of drug-likeness (QED) is 0.916. The van der Waals surface area contributed by atoms with Gasteiger partial charge in [0.15, 0.2) is 0 Å². The molecule has 0 spiro atoms. The molecule has 4 rings (SSSR count). The average molecular weight is 311 g/mol. The van der Waals surface area contributed by atoms with E-state index in [0.29, 0.717) is 13.0 Å². The lowest BCUT2D eigenvalue weighted by atomic mass is 10.1. The summed E-state index contributed by atoms with van der Waals surface area (Å²) in [6.07, 6.45) is 1.44. The first-order valence-corrected chi connectivity index (χ1v) is 8.25. The second-order valence-electron chi connectivity index (χ2n) is 6.29. The molecule has 0 aliphatic carbocycles. The fraction of sp³-hybridized carbons (Fsp3) is 0.471. The van der Waals surface area contributed by atoms with Crippen molar-refractivity contribution in [2.45, 2.75) is 31.8 Å². The summed E-state index contributed by atoms with van der Waals surface area (Å²) in [5.41, 5.74) is 1.17. The van der Waals surface area contributed by atoms with Gasteiger partial charge in [-0.3, -0.25) is 4.79 Å². The van der Waals surface area contributed by atoms with Gasteiger partial charge in [0.25, 0.3) is 0 Å². The Balaban J connectivity index is 1.51. The van der Waals surface area contributed by atoms with E-state index in [-0.39, 0.29) is 11.8 Å². The van der Waals surface area contributed by atoms with Crippen molar-refractivity contribution in [3.05, 3.63) is 47.5 Å². The molecule has 1 aromatic carbocycles. The fourth-order valence-electron chi connectivity index (χ4n) is 3.50. The SMILES string of the molecule is O=C1CC(c2nnc3n2CCNCC3)CN1Cc1ccccc1. The monoisotopic (exact) mass is 311 g/mol. The minimum atomic E-state index is 0.158. The third kappa shape index (κ3) is 2.86. The Labute approximate surface area is 135 Å². The molecule has 1 N–H and O–H groups in total. The van der Waals surface area contributed by atoms with Gasteiger partial charge in [0, 0.05) is 51.5 Å². The van der Waals surface area contributed by atoms with Gasteiger partial charge in [0.05, 0.1) is 0 Å². The Hall–Kier alpha value is -2.21. The van der Waals surface area contributed by atoms with E-state index in [1.54, 1.807) is 0 Å². The summed E-state index contributed by atoms with van der Waals surface area (Å²) in [5, 5.41) is 12.1. The number of nitrogens with zero attached hydrogens (tertiary/aromatic N) is 4. The van der Waals surface area contributed by atoms with Crippen molar-refractivity contribution in [2.75, 3.05) is 19.6 Å². The van der Waals surface area contributed by atoms with E-state index in [9.17, 15) is 4.79 Å². The molecule has 6 heteroatoms. The summed E-state index contributed by atoms with van der Waals surface area (Å²) in [6.45, 7) is 4.19. The van der Waals surface area contributed by atoms with Crippen molar-refractivity contribution in [2.24, 2.45) is 0 Å². The number of aromatic nitrogens is 3. The van der Waals surface area contributed by atoms with Crippen molar-refractivity contribution in [1.82, 2.24) is 25.0 Å². The summed E-state index contributed by atoms with van der Waals surface area (Å²) >= 11 is 0. The number of nitrogens with one attached hydrogen (secondary N) is 1. The van der Waals surface area contributed by atoms with E-state index in [2.05, 4.69) is 32.2 Å². The van der Waals surface area contributed by atoms with Crippen molar-refractivity contribution in [3.63, 3.8) is 0 Å². The van der Waals surface area contributed by atoms with Crippen LogP contribution < -0.4 is 5.32 Å². The highest BCUT2D eigenvalue weighted by Gasteiger charge is 2.34. The predicted octanol–water partition coefficient (Wildman–Crippen LogP) is 0.940. The topological polar surface area (TPSA) is 63.1 Å². The summed E-state index contributed by atoms with van der Waals surface area (Å²) in [6, 6.07) is 10.2. The highest BCUT2D eigenvalue weighted by Crippen LogP contribution is 2.28. The summed E-state index contributed by atoms with van der Waals surface area (Å²) < 4.78 is 2.21. The zero-order chi connectivity index (χ0) is 15.6. The Morgan fingerprint density at radius 2 is 2.04 bits per heavy atom. The Morgan fingerprint density at radius 1 is 1.17 bits per heavy atom. The summed E-state index contributed by atoms with van der Waals surface area (Å²) in [7, 11) is 0. The zero-order valence-corrected chi connectivity index (χ0v) is 13.1. The molecule has 0 bridgehead atoms. The molecule has 2 aliphatic heterocycles. The summed E-state index contributed by atoms with van der Waals surface area (Å²) in [5.74, 6) is 2.39. The van der Waals surface area contributed by atoms with Crippen LogP contribution in [0.2, 0.25) is 0 Å². The number of likely N-dealkylation sites (tertiary alicyclic amines) is 1. The van der Waals surface area contributed by atoms with E-state index in [4.69, 9.17) is 0 Å². The number of benzene rings is 1. The average Bonchev–Trinajstić information content (AvgIpc) is 3.04. The number of hydrogen-bond acceptors (Lipinski definition) is 4. The lowest BCUT2D eigenvalue weighted by Gasteiger charge is -2.17. The number of fused-ring (bicyclic) bond motifs is 1. The van der Waals surface area contributed by atoms with Gasteiger partial charge >= 0.3 is 0 Å². The lowest BCUT2D eigenvalue weighted by Crippen LogP contribution is -2.24. The molecule has 1 fully saturated rings. The molecule has 120 valence electrons. The number of hydrogen-bond donors (Lipinski definition) is 1. The number of carbonyl (C=O) groups is 1. The second-order valence-corrected chi connectivity index (χ2v) is 6.29. The first-order chi connectivity index (χ1) is 11.3. The minimum absolute atomic E-state index is 0.158. The molecule has 1 unspecified atom stereocenters. The van der Waals surface area contributed by atoms with Crippen molar-refractivity contribution < 1.29 is 4.79 Å². The summed E-state index contributed by atoms with van der Waals surface area (Å²) in [4.78, 5) is 14.3. The Bertz CT molecular complexity index is 696. The minimum Gasteiger partial charge on any atom is -0.338 e. The molecule has 1 saturated heterocycles. The van der Waals surface area contributed by atoms with E-state index in [1.165, 1.54) is 5.56 Å².